The molecule has 2 aromatic rings. The average Bonchev–Trinajstić information content (AvgIpc) is 3.38. The topological polar surface area (TPSA) is 77.2 Å². The lowest BCUT2D eigenvalue weighted by Crippen LogP contribution is -2.36. The van der Waals surface area contributed by atoms with E-state index in [1.807, 2.05) is 31.2 Å². The van der Waals surface area contributed by atoms with Gasteiger partial charge in [0.15, 0.2) is 5.82 Å². The molecule has 1 aromatic carbocycles. The molecule has 1 aliphatic carbocycles. The number of fused-ring (bicyclic) bond motifs is 1. The number of nitrogens with one attached hydrogen (secondary N) is 1. The highest BCUT2D eigenvalue weighted by Gasteiger charge is 2.29. The van der Waals surface area contributed by atoms with E-state index in [4.69, 9.17) is 9.26 Å². The van der Waals surface area contributed by atoms with E-state index in [0.717, 1.165) is 36.4 Å². The highest BCUT2D eigenvalue weighted by atomic mass is 32.2. The van der Waals surface area contributed by atoms with E-state index in [1.165, 1.54) is 11.8 Å². The molecule has 1 amide bonds. The van der Waals surface area contributed by atoms with Crippen LogP contribution in [-0.4, -0.2) is 27.9 Å². The van der Waals surface area contributed by atoms with Crippen LogP contribution in [0.4, 0.5) is 0 Å². The summed E-state index contributed by atoms with van der Waals surface area (Å²) in [5, 5.41) is 6.96. The molecule has 0 saturated heterocycles. The molecule has 0 bridgehead atoms. The summed E-state index contributed by atoms with van der Waals surface area (Å²) in [6.07, 6.45) is 3.09. The van der Waals surface area contributed by atoms with Gasteiger partial charge in [-0.05, 0) is 25.8 Å². The number of hydrogen-bond donors (Lipinski definition) is 1. The van der Waals surface area contributed by atoms with Crippen molar-refractivity contribution in [2.45, 2.75) is 49.1 Å². The van der Waals surface area contributed by atoms with Crippen molar-refractivity contribution in [2.75, 3.05) is 6.61 Å². The van der Waals surface area contributed by atoms with E-state index in [0.29, 0.717) is 24.2 Å². The van der Waals surface area contributed by atoms with Gasteiger partial charge in [-0.15, -0.1) is 11.8 Å². The number of carbonyl (C=O) groups is 1. The number of rotatable bonds is 6. The normalized spacial score (nSPS) is 20.4. The van der Waals surface area contributed by atoms with Gasteiger partial charge in [-0.3, -0.25) is 4.79 Å². The Balaban J connectivity index is 1.31. The second-order valence-corrected chi connectivity index (χ2v) is 7.84. The van der Waals surface area contributed by atoms with Gasteiger partial charge in [-0.2, -0.15) is 4.98 Å². The number of ether oxygens (including phenoxy) is 1. The fraction of sp³-hybridized carbons (Fsp3) is 0.500. The third-order valence-electron chi connectivity index (χ3n) is 4.53. The summed E-state index contributed by atoms with van der Waals surface area (Å²) in [6.45, 7) is 2.53. The van der Waals surface area contributed by atoms with Gasteiger partial charge in [0.2, 0.25) is 11.8 Å². The fourth-order valence-corrected chi connectivity index (χ4v) is 3.62. The van der Waals surface area contributed by atoms with Crippen molar-refractivity contribution in [1.82, 2.24) is 15.5 Å². The fourth-order valence-electron chi connectivity index (χ4n) is 2.89. The van der Waals surface area contributed by atoms with Crippen molar-refractivity contribution in [1.29, 1.82) is 0 Å². The monoisotopic (exact) mass is 359 g/mol. The molecule has 132 valence electrons. The van der Waals surface area contributed by atoms with Gasteiger partial charge in [-0.25, -0.2) is 0 Å². The smallest absolute Gasteiger partial charge is 0.236 e. The van der Waals surface area contributed by atoms with E-state index in [9.17, 15) is 4.79 Å². The van der Waals surface area contributed by atoms with E-state index in [2.05, 4.69) is 15.5 Å². The molecule has 0 radical (unpaired) electrons. The second-order valence-electron chi connectivity index (χ2n) is 6.51. The van der Waals surface area contributed by atoms with Crippen LogP contribution in [0.25, 0.3) is 0 Å². The quantitative estimate of drug-likeness (QED) is 0.853. The van der Waals surface area contributed by atoms with Crippen LogP contribution >= 0.6 is 11.8 Å². The van der Waals surface area contributed by atoms with Gasteiger partial charge in [0, 0.05) is 17.9 Å². The maximum Gasteiger partial charge on any atom is 0.236 e. The lowest BCUT2D eigenvalue weighted by Gasteiger charge is -2.27. The molecule has 1 aliphatic heterocycles. The first kappa shape index (κ1) is 16.4. The molecule has 4 rings (SSSR count). The van der Waals surface area contributed by atoms with Crippen LogP contribution < -0.4 is 10.1 Å². The van der Waals surface area contributed by atoms with Crippen LogP contribution in [0.1, 0.15) is 55.4 Å². The molecular weight excluding hydrogens is 338 g/mol. The first-order valence-electron chi connectivity index (χ1n) is 8.67. The number of aromatic nitrogens is 2. The number of carbonyl (C=O) groups excluding carboxylic acids is 1. The zero-order valence-electron chi connectivity index (χ0n) is 14.1. The summed E-state index contributed by atoms with van der Waals surface area (Å²) in [7, 11) is 0. The third-order valence-corrected chi connectivity index (χ3v) is 5.66. The van der Waals surface area contributed by atoms with Crippen LogP contribution in [-0.2, 0) is 10.5 Å². The lowest BCUT2D eigenvalue weighted by molar-refractivity contribution is -0.121. The summed E-state index contributed by atoms with van der Waals surface area (Å²) in [6, 6.07) is 7.87. The first-order chi connectivity index (χ1) is 12.2. The van der Waals surface area contributed by atoms with Crippen molar-refractivity contribution < 1.29 is 14.1 Å². The molecule has 25 heavy (non-hydrogen) atoms. The maximum absolute atomic E-state index is 12.5. The largest absolute Gasteiger partial charge is 0.493 e. The number of amides is 1. The summed E-state index contributed by atoms with van der Waals surface area (Å²) in [5.41, 5.74) is 1.05. The molecule has 1 N–H and O–H groups in total. The molecule has 2 atom stereocenters. The third kappa shape index (κ3) is 3.81. The Hall–Kier alpha value is -2.02. The predicted molar refractivity (Wildman–Crippen MR) is 94.5 cm³/mol. The van der Waals surface area contributed by atoms with E-state index in [1.54, 1.807) is 0 Å². The molecule has 2 unspecified atom stereocenters. The summed E-state index contributed by atoms with van der Waals surface area (Å²) < 4.78 is 10.9. The second kappa shape index (κ2) is 7.07. The Labute approximate surface area is 150 Å². The highest BCUT2D eigenvalue weighted by Crippen LogP contribution is 2.38. The molecule has 2 aliphatic rings. The molecular formula is C18H21N3O3S. The SMILES string of the molecule is CC(SCc1nc(C2CC2)no1)C(=O)NC1CCOc2ccccc21. The van der Waals surface area contributed by atoms with Gasteiger partial charge in [0.25, 0.3) is 0 Å². The Morgan fingerprint density at radius 2 is 2.20 bits per heavy atom. The standard InChI is InChI=1S/C18H21N3O3S/c1-11(25-10-16-20-17(21-24-16)12-6-7-12)18(22)19-14-8-9-23-15-5-3-2-4-13(14)15/h2-5,11-12,14H,6-10H2,1H3,(H,19,22). The summed E-state index contributed by atoms with van der Waals surface area (Å²) in [5.74, 6) is 3.33. The van der Waals surface area contributed by atoms with Crippen LogP contribution in [0.3, 0.4) is 0 Å². The number of nitrogens with zero attached hydrogens (tertiary/aromatic N) is 2. The van der Waals surface area contributed by atoms with Crippen LogP contribution in [0, 0.1) is 0 Å². The van der Waals surface area contributed by atoms with Gasteiger partial charge < -0.3 is 14.6 Å². The molecule has 1 aromatic heterocycles. The molecule has 6 nitrogen and oxygen atoms in total. The predicted octanol–water partition coefficient (Wildman–Crippen LogP) is 3.21. The number of thioether (sulfide) groups is 1. The minimum atomic E-state index is -0.189. The Morgan fingerprint density at radius 3 is 3.04 bits per heavy atom. The van der Waals surface area contributed by atoms with Crippen LogP contribution in [0.5, 0.6) is 5.75 Å². The van der Waals surface area contributed by atoms with Gasteiger partial charge in [-0.1, -0.05) is 23.4 Å². The Kier molecular flexibility index (Phi) is 4.65. The first-order valence-corrected chi connectivity index (χ1v) is 9.72. The molecule has 1 fully saturated rings. The minimum absolute atomic E-state index is 0.00498. The number of para-hydroxylation sites is 1. The highest BCUT2D eigenvalue weighted by molar-refractivity contribution is 7.99. The maximum atomic E-state index is 12.5. The Morgan fingerprint density at radius 1 is 1.36 bits per heavy atom. The van der Waals surface area contributed by atoms with E-state index in [-0.39, 0.29) is 17.2 Å². The van der Waals surface area contributed by atoms with Gasteiger partial charge in [0.1, 0.15) is 5.75 Å². The van der Waals surface area contributed by atoms with Crippen molar-refractivity contribution in [3.05, 3.63) is 41.5 Å². The van der Waals surface area contributed by atoms with Gasteiger partial charge in [0.05, 0.1) is 23.7 Å². The van der Waals surface area contributed by atoms with E-state index < -0.39 is 0 Å². The van der Waals surface area contributed by atoms with Crippen molar-refractivity contribution in [3.8, 4) is 5.75 Å². The zero-order valence-corrected chi connectivity index (χ0v) is 14.9. The van der Waals surface area contributed by atoms with Crippen LogP contribution in [0.15, 0.2) is 28.8 Å². The van der Waals surface area contributed by atoms with Crippen molar-refractivity contribution in [2.24, 2.45) is 0 Å². The summed E-state index contributed by atoms with van der Waals surface area (Å²) >= 11 is 1.51. The zero-order chi connectivity index (χ0) is 17.2. The van der Waals surface area contributed by atoms with Crippen LogP contribution in [0.2, 0.25) is 0 Å². The Bertz CT molecular complexity index is 760. The minimum Gasteiger partial charge on any atom is -0.493 e. The average molecular weight is 359 g/mol. The number of hydrogen-bond acceptors (Lipinski definition) is 6. The van der Waals surface area contributed by atoms with Gasteiger partial charge >= 0.3 is 0 Å². The summed E-state index contributed by atoms with van der Waals surface area (Å²) in [4.78, 5) is 16.9. The van der Waals surface area contributed by atoms with E-state index >= 15 is 0 Å². The molecule has 7 heteroatoms. The molecule has 2 heterocycles. The molecule has 0 spiro atoms. The number of benzene rings is 1. The molecule has 1 saturated carbocycles. The lowest BCUT2D eigenvalue weighted by atomic mass is 10.0. The van der Waals surface area contributed by atoms with Crippen molar-refractivity contribution >= 4 is 17.7 Å². The van der Waals surface area contributed by atoms with Crippen molar-refractivity contribution in [3.63, 3.8) is 0 Å².